The van der Waals surface area contributed by atoms with Gasteiger partial charge in [0.25, 0.3) is 5.91 Å². The van der Waals surface area contributed by atoms with Gasteiger partial charge in [0, 0.05) is 29.6 Å². The van der Waals surface area contributed by atoms with Gasteiger partial charge in [-0.2, -0.15) is 13.2 Å². The quantitative estimate of drug-likeness (QED) is 0.687. The lowest BCUT2D eigenvalue weighted by atomic mass is 10.1. The minimum atomic E-state index is -4.61. The second-order valence-corrected chi connectivity index (χ2v) is 6.44. The number of halogens is 3. The molecule has 3 aromatic rings. The van der Waals surface area contributed by atoms with Crippen molar-refractivity contribution in [2.24, 2.45) is 5.73 Å². The summed E-state index contributed by atoms with van der Waals surface area (Å²) in [4.78, 5) is 27.8. The number of hydrogen-bond acceptors (Lipinski definition) is 3. The number of carbonyl (C=O) groups is 2. The second-order valence-electron chi connectivity index (χ2n) is 6.44. The molecular weight excluding hydrogens is 385 g/mol. The molecule has 0 spiro atoms. The molecule has 1 aromatic heterocycles. The van der Waals surface area contributed by atoms with Gasteiger partial charge in [0.1, 0.15) is 0 Å². The molecule has 0 atom stereocenters. The van der Waals surface area contributed by atoms with Crippen molar-refractivity contribution in [3.05, 3.63) is 82.9 Å². The lowest BCUT2D eigenvalue weighted by molar-refractivity contribution is -0.137. The van der Waals surface area contributed by atoms with Crippen molar-refractivity contribution in [1.82, 2.24) is 14.9 Å². The Balaban J connectivity index is 1.87. The number of primary amides is 1. The van der Waals surface area contributed by atoms with Gasteiger partial charge in [-0.05, 0) is 42.8 Å². The molecular formula is C20H17F3N4O2. The normalized spacial score (nSPS) is 11.3. The maximum absolute atomic E-state index is 13.3. The molecule has 0 saturated heterocycles. The summed E-state index contributed by atoms with van der Waals surface area (Å²) < 4.78 is 41.3. The molecule has 0 radical (unpaired) electrons. The fourth-order valence-corrected chi connectivity index (χ4v) is 2.74. The largest absolute Gasteiger partial charge is 0.416 e. The summed E-state index contributed by atoms with van der Waals surface area (Å²) in [5.41, 5.74) is 5.79. The number of imidazole rings is 1. The number of hydrogen-bond donors (Lipinski definition) is 2. The van der Waals surface area contributed by atoms with Gasteiger partial charge in [0.2, 0.25) is 5.91 Å². The molecule has 3 rings (SSSR count). The Kier molecular flexibility index (Phi) is 5.40. The molecule has 0 bridgehead atoms. The van der Waals surface area contributed by atoms with Crippen molar-refractivity contribution >= 4 is 11.8 Å². The smallest absolute Gasteiger partial charge is 0.366 e. The molecule has 0 aliphatic carbocycles. The van der Waals surface area contributed by atoms with Gasteiger partial charge < -0.3 is 15.6 Å². The van der Waals surface area contributed by atoms with E-state index in [1.165, 1.54) is 29.1 Å². The molecule has 2 amide bonds. The minimum Gasteiger partial charge on any atom is -0.366 e. The predicted octanol–water partition coefficient (Wildman–Crippen LogP) is 3.23. The first-order chi connectivity index (χ1) is 13.6. The summed E-state index contributed by atoms with van der Waals surface area (Å²) in [7, 11) is 0. The molecule has 150 valence electrons. The van der Waals surface area contributed by atoms with Crippen LogP contribution in [0.2, 0.25) is 0 Å². The van der Waals surface area contributed by atoms with Crippen LogP contribution >= 0.6 is 0 Å². The minimum absolute atomic E-state index is 0.0235. The van der Waals surface area contributed by atoms with Crippen molar-refractivity contribution in [2.45, 2.75) is 19.6 Å². The number of rotatable bonds is 5. The molecule has 0 aliphatic rings. The Hall–Kier alpha value is -3.62. The Bertz CT molecular complexity index is 1070. The molecule has 0 aliphatic heterocycles. The van der Waals surface area contributed by atoms with Gasteiger partial charge in [0.05, 0.1) is 17.6 Å². The summed E-state index contributed by atoms with van der Waals surface area (Å²) in [6, 6.07) is 9.40. The van der Waals surface area contributed by atoms with Crippen LogP contribution in [0.15, 0.2) is 55.0 Å². The van der Waals surface area contributed by atoms with Crippen LogP contribution in [0.5, 0.6) is 0 Å². The molecule has 3 N–H and O–H groups in total. The van der Waals surface area contributed by atoms with Crippen LogP contribution in [0, 0.1) is 6.92 Å². The number of alkyl halides is 3. The van der Waals surface area contributed by atoms with Crippen LogP contribution in [0.3, 0.4) is 0 Å². The molecule has 2 aromatic carbocycles. The number of nitrogens with two attached hydrogens (primary N) is 1. The van der Waals surface area contributed by atoms with Crippen LogP contribution in [0.4, 0.5) is 13.2 Å². The highest BCUT2D eigenvalue weighted by molar-refractivity contribution is 5.95. The monoisotopic (exact) mass is 402 g/mol. The summed E-state index contributed by atoms with van der Waals surface area (Å²) in [5.74, 6) is -1.30. The third-order valence-electron chi connectivity index (χ3n) is 4.18. The maximum atomic E-state index is 13.3. The summed E-state index contributed by atoms with van der Waals surface area (Å²) in [6.45, 7) is 1.73. The van der Waals surface area contributed by atoms with Crippen LogP contribution in [0.25, 0.3) is 5.69 Å². The highest BCUT2D eigenvalue weighted by atomic mass is 19.4. The third-order valence-corrected chi connectivity index (χ3v) is 4.18. The number of nitrogens with zero attached hydrogens (tertiary/aromatic N) is 2. The van der Waals surface area contributed by atoms with E-state index < -0.39 is 23.6 Å². The third kappa shape index (κ3) is 4.81. The number of carbonyl (C=O) groups excluding carboxylic acids is 2. The van der Waals surface area contributed by atoms with Crippen LogP contribution in [-0.2, 0) is 12.7 Å². The Morgan fingerprint density at radius 2 is 1.90 bits per heavy atom. The van der Waals surface area contributed by atoms with E-state index in [2.05, 4.69) is 10.3 Å². The van der Waals surface area contributed by atoms with E-state index in [0.717, 1.165) is 12.1 Å². The van der Waals surface area contributed by atoms with E-state index in [0.29, 0.717) is 11.3 Å². The predicted molar refractivity (Wildman–Crippen MR) is 99.4 cm³/mol. The van der Waals surface area contributed by atoms with Gasteiger partial charge in [-0.1, -0.05) is 12.1 Å². The molecule has 6 nitrogen and oxygen atoms in total. The van der Waals surface area contributed by atoms with Crippen molar-refractivity contribution in [2.75, 3.05) is 0 Å². The van der Waals surface area contributed by atoms with Crippen LogP contribution in [0.1, 0.15) is 37.5 Å². The zero-order chi connectivity index (χ0) is 21.2. The molecule has 1 heterocycles. The van der Waals surface area contributed by atoms with Crippen LogP contribution in [-0.4, -0.2) is 21.4 Å². The Morgan fingerprint density at radius 3 is 2.52 bits per heavy atom. The first-order valence-electron chi connectivity index (χ1n) is 8.53. The topological polar surface area (TPSA) is 90.0 Å². The zero-order valence-electron chi connectivity index (χ0n) is 15.3. The van der Waals surface area contributed by atoms with E-state index in [1.54, 1.807) is 25.3 Å². The summed E-state index contributed by atoms with van der Waals surface area (Å²) in [6.07, 6.45) is -1.68. The average molecular weight is 402 g/mol. The van der Waals surface area contributed by atoms with E-state index in [4.69, 9.17) is 5.73 Å². The van der Waals surface area contributed by atoms with Crippen molar-refractivity contribution in [3.63, 3.8) is 0 Å². The lowest BCUT2D eigenvalue weighted by Gasteiger charge is -2.13. The fraction of sp³-hybridized carbons (Fsp3) is 0.150. The molecule has 0 saturated carbocycles. The van der Waals surface area contributed by atoms with Crippen molar-refractivity contribution < 1.29 is 22.8 Å². The second kappa shape index (κ2) is 7.78. The number of benzene rings is 2. The lowest BCUT2D eigenvalue weighted by Crippen LogP contribution is -2.24. The van der Waals surface area contributed by atoms with Gasteiger partial charge in [-0.15, -0.1) is 0 Å². The highest BCUT2D eigenvalue weighted by Gasteiger charge is 2.32. The van der Waals surface area contributed by atoms with Gasteiger partial charge >= 0.3 is 6.18 Å². The van der Waals surface area contributed by atoms with E-state index in [-0.39, 0.29) is 23.4 Å². The first-order valence-corrected chi connectivity index (χ1v) is 8.53. The summed E-state index contributed by atoms with van der Waals surface area (Å²) in [5, 5.41) is 2.56. The van der Waals surface area contributed by atoms with E-state index in [9.17, 15) is 22.8 Å². The highest BCUT2D eigenvalue weighted by Crippen LogP contribution is 2.31. The van der Waals surface area contributed by atoms with Crippen LogP contribution < -0.4 is 11.1 Å². The molecule has 29 heavy (non-hydrogen) atoms. The van der Waals surface area contributed by atoms with Crippen molar-refractivity contribution in [3.8, 4) is 5.69 Å². The Labute approximate surface area is 164 Å². The molecule has 0 unspecified atom stereocenters. The fourth-order valence-electron chi connectivity index (χ4n) is 2.74. The first kappa shape index (κ1) is 20.1. The Morgan fingerprint density at radius 1 is 1.14 bits per heavy atom. The van der Waals surface area contributed by atoms with E-state index >= 15 is 0 Å². The van der Waals surface area contributed by atoms with Gasteiger partial charge in [-0.3, -0.25) is 9.59 Å². The zero-order valence-corrected chi connectivity index (χ0v) is 15.3. The number of amides is 2. The average Bonchev–Trinajstić information content (AvgIpc) is 3.11. The number of aryl methyl sites for hydroxylation is 1. The maximum Gasteiger partial charge on any atom is 0.416 e. The number of nitrogens with one attached hydrogen (secondary N) is 1. The SMILES string of the molecule is Cc1cn(-c2cc(C(=O)NCc3cccc(C(N)=O)c3)cc(C(F)(F)F)c2)cn1. The molecule has 9 heteroatoms. The van der Waals surface area contributed by atoms with E-state index in [1.807, 2.05) is 0 Å². The summed E-state index contributed by atoms with van der Waals surface area (Å²) >= 11 is 0. The molecule has 0 fully saturated rings. The van der Waals surface area contributed by atoms with Gasteiger partial charge in [-0.25, -0.2) is 4.98 Å². The van der Waals surface area contributed by atoms with Crippen molar-refractivity contribution in [1.29, 1.82) is 0 Å². The van der Waals surface area contributed by atoms with Gasteiger partial charge in [0.15, 0.2) is 0 Å². The number of aromatic nitrogens is 2. The standard InChI is InChI=1S/C20H17F3N4O2/c1-12-10-27(11-26-12)17-7-15(6-16(8-17)20(21,22)23)19(29)25-9-13-3-2-4-14(5-13)18(24)28/h2-8,10-11H,9H2,1H3,(H2,24,28)(H,25,29).